The number of hydrogen-bond donors (Lipinski definition) is 2. The van der Waals surface area contributed by atoms with E-state index >= 15 is 0 Å². The van der Waals surface area contributed by atoms with Crippen LogP contribution < -0.4 is 15.8 Å². The van der Waals surface area contributed by atoms with Gasteiger partial charge in [-0.15, -0.1) is 0 Å². The Balaban J connectivity index is 1.80. The quantitative estimate of drug-likeness (QED) is 0.737. The Morgan fingerprint density at radius 2 is 1.69 bits per heavy atom. The van der Waals surface area contributed by atoms with Crippen LogP contribution in [0.1, 0.15) is 0 Å². The molecule has 1 unspecified atom stereocenters. The molecule has 7 nitrogen and oxygen atoms in total. The number of nitrogens with two attached hydrogens (primary N) is 1. The van der Waals surface area contributed by atoms with Gasteiger partial charge in [-0.05, 0) is 48.5 Å². The lowest BCUT2D eigenvalue weighted by Gasteiger charge is -2.33. The molecule has 3 N–H and O–H groups in total. The number of carbonyl (C=O) groups excluding carboxylic acids is 1. The van der Waals surface area contributed by atoms with E-state index in [1.54, 1.807) is 24.3 Å². The maximum Gasteiger partial charge on any atom is 0.243 e. The molecule has 1 heterocycles. The average Bonchev–Trinajstić information content (AvgIpc) is 2.64. The van der Waals surface area contributed by atoms with Crippen LogP contribution in [-0.2, 0) is 14.8 Å². The van der Waals surface area contributed by atoms with Gasteiger partial charge in [-0.1, -0.05) is 15.9 Å². The highest BCUT2D eigenvalue weighted by Crippen LogP contribution is 2.26. The maximum atomic E-state index is 12.9. The van der Waals surface area contributed by atoms with Gasteiger partial charge in [-0.3, -0.25) is 4.79 Å². The maximum absolute atomic E-state index is 12.9. The Bertz CT molecular complexity index is 885. The van der Waals surface area contributed by atoms with E-state index in [9.17, 15) is 13.2 Å². The second-order valence-corrected chi connectivity index (χ2v) is 8.57. The lowest BCUT2D eigenvalue weighted by atomic mass is 10.2. The summed E-state index contributed by atoms with van der Waals surface area (Å²) in [5.41, 5.74) is 5.34. The van der Waals surface area contributed by atoms with Crippen LogP contribution in [0.25, 0.3) is 0 Å². The van der Waals surface area contributed by atoms with Crippen molar-refractivity contribution in [2.24, 2.45) is 5.73 Å². The van der Waals surface area contributed by atoms with E-state index in [1.807, 2.05) is 12.1 Å². The average molecular weight is 440 g/mol. The van der Waals surface area contributed by atoms with Crippen molar-refractivity contribution in [3.63, 3.8) is 0 Å². The first-order valence-electron chi connectivity index (χ1n) is 7.93. The molecule has 0 aromatic heterocycles. The first-order chi connectivity index (χ1) is 12.4. The van der Waals surface area contributed by atoms with Crippen LogP contribution in [-0.4, -0.2) is 44.3 Å². The first kappa shape index (κ1) is 18.8. The van der Waals surface area contributed by atoms with Crippen molar-refractivity contribution >= 4 is 31.9 Å². The highest BCUT2D eigenvalue weighted by atomic mass is 79.9. The van der Waals surface area contributed by atoms with Gasteiger partial charge in [-0.25, -0.2) is 8.42 Å². The van der Waals surface area contributed by atoms with E-state index in [1.165, 1.54) is 12.1 Å². The third-order valence-corrected chi connectivity index (χ3v) is 6.45. The molecule has 1 aliphatic rings. The summed E-state index contributed by atoms with van der Waals surface area (Å²) in [7, 11) is -3.82. The van der Waals surface area contributed by atoms with Gasteiger partial charge < -0.3 is 15.8 Å². The van der Waals surface area contributed by atoms with Gasteiger partial charge in [0.2, 0.25) is 15.9 Å². The number of nitrogens with one attached hydrogen (secondary N) is 1. The van der Waals surface area contributed by atoms with Crippen LogP contribution in [0.2, 0.25) is 0 Å². The Labute approximate surface area is 160 Å². The van der Waals surface area contributed by atoms with Gasteiger partial charge in [0.25, 0.3) is 0 Å². The molecule has 0 radical (unpaired) electrons. The molecule has 0 aliphatic carbocycles. The molecule has 2 aromatic rings. The van der Waals surface area contributed by atoms with E-state index in [-0.39, 0.29) is 18.0 Å². The van der Waals surface area contributed by atoms with E-state index in [2.05, 4.69) is 21.2 Å². The van der Waals surface area contributed by atoms with Crippen molar-refractivity contribution in [2.75, 3.05) is 19.6 Å². The summed E-state index contributed by atoms with van der Waals surface area (Å²) in [6, 6.07) is 12.5. The predicted octanol–water partition coefficient (Wildman–Crippen LogP) is 1.69. The van der Waals surface area contributed by atoms with Crippen LogP contribution in [0, 0.1) is 0 Å². The molecule has 138 valence electrons. The number of piperazine rings is 1. The van der Waals surface area contributed by atoms with Crippen LogP contribution in [0.4, 0.5) is 0 Å². The van der Waals surface area contributed by atoms with Crippen LogP contribution in [0.15, 0.2) is 57.9 Å². The Morgan fingerprint density at radius 3 is 2.27 bits per heavy atom. The Morgan fingerprint density at radius 1 is 1.12 bits per heavy atom. The lowest BCUT2D eigenvalue weighted by Crippen LogP contribution is -2.58. The summed E-state index contributed by atoms with van der Waals surface area (Å²) in [5.74, 6) is 0.480. The van der Waals surface area contributed by atoms with Crippen LogP contribution >= 0.6 is 15.9 Å². The summed E-state index contributed by atoms with van der Waals surface area (Å²) >= 11 is 3.35. The lowest BCUT2D eigenvalue weighted by molar-refractivity contribution is -0.122. The highest BCUT2D eigenvalue weighted by Gasteiger charge is 2.36. The number of hydrogen-bond acceptors (Lipinski definition) is 5. The highest BCUT2D eigenvalue weighted by molar-refractivity contribution is 9.10. The van der Waals surface area contributed by atoms with E-state index in [4.69, 9.17) is 10.5 Å². The number of halogens is 1. The topological polar surface area (TPSA) is 102 Å². The van der Waals surface area contributed by atoms with Gasteiger partial charge in [0.1, 0.15) is 17.5 Å². The summed E-state index contributed by atoms with van der Waals surface area (Å²) in [5, 5.41) is 2.98. The zero-order valence-electron chi connectivity index (χ0n) is 13.8. The number of ether oxygens (including phenoxy) is 1. The van der Waals surface area contributed by atoms with E-state index in [0.717, 1.165) is 8.78 Å². The standard InChI is InChI=1S/C17H18BrN3O4S/c18-12-1-3-13(4-2-12)25-14-5-7-15(8-6-14)26(23,24)21-10-9-20-11-16(21)17(19)22/h1-8,16,20H,9-11H2,(H2,19,22). The number of primary amides is 1. The molecule has 26 heavy (non-hydrogen) atoms. The summed E-state index contributed by atoms with van der Waals surface area (Å²) in [6.07, 6.45) is 0. The molecule has 1 saturated heterocycles. The molecule has 0 saturated carbocycles. The summed E-state index contributed by atoms with van der Waals surface area (Å²) in [6.45, 7) is 0.861. The monoisotopic (exact) mass is 439 g/mol. The second-order valence-electron chi connectivity index (χ2n) is 5.77. The predicted molar refractivity (Wildman–Crippen MR) is 100 cm³/mol. The van der Waals surface area contributed by atoms with Gasteiger partial charge in [0, 0.05) is 24.1 Å². The molecule has 1 aliphatic heterocycles. The second kappa shape index (κ2) is 7.75. The van der Waals surface area contributed by atoms with Crippen molar-refractivity contribution in [2.45, 2.75) is 10.9 Å². The Hall–Kier alpha value is -1.94. The van der Waals surface area contributed by atoms with E-state index < -0.39 is 22.0 Å². The zero-order valence-corrected chi connectivity index (χ0v) is 16.2. The number of benzene rings is 2. The fraction of sp³-hybridized carbons (Fsp3) is 0.235. The molecule has 1 atom stereocenters. The van der Waals surface area contributed by atoms with Gasteiger partial charge in [-0.2, -0.15) is 4.31 Å². The summed E-state index contributed by atoms with van der Waals surface area (Å²) < 4.78 is 33.5. The molecule has 0 bridgehead atoms. The smallest absolute Gasteiger partial charge is 0.243 e. The van der Waals surface area contributed by atoms with Crippen molar-refractivity contribution < 1.29 is 17.9 Å². The molecular formula is C17H18BrN3O4S. The van der Waals surface area contributed by atoms with Gasteiger partial charge in [0.05, 0.1) is 4.90 Å². The third kappa shape index (κ3) is 4.07. The van der Waals surface area contributed by atoms with Crippen molar-refractivity contribution in [1.82, 2.24) is 9.62 Å². The van der Waals surface area contributed by atoms with Crippen molar-refractivity contribution in [3.8, 4) is 11.5 Å². The molecule has 9 heteroatoms. The van der Waals surface area contributed by atoms with Crippen LogP contribution in [0.5, 0.6) is 11.5 Å². The first-order valence-corrected chi connectivity index (χ1v) is 10.2. The Kier molecular flexibility index (Phi) is 5.61. The number of rotatable bonds is 5. The van der Waals surface area contributed by atoms with Crippen LogP contribution in [0.3, 0.4) is 0 Å². The fourth-order valence-electron chi connectivity index (χ4n) is 2.67. The third-order valence-electron chi connectivity index (χ3n) is 4.00. The molecule has 0 spiro atoms. The zero-order chi connectivity index (χ0) is 18.7. The molecule has 2 aromatic carbocycles. The number of carbonyl (C=O) groups is 1. The van der Waals surface area contributed by atoms with Crippen molar-refractivity contribution in [1.29, 1.82) is 0 Å². The number of sulfonamides is 1. The van der Waals surface area contributed by atoms with Gasteiger partial charge in [0.15, 0.2) is 0 Å². The normalized spacial score (nSPS) is 18.4. The summed E-state index contributed by atoms with van der Waals surface area (Å²) in [4.78, 5) is 11.7. The minimum atomic E-state index is -3.82. The van der Waals surface area contributed by atoms with Crippen molar-refractivity contribution in [3.05, 3.63) is 53.0 Å². The van der Waals surface area contributed by atoms with Gasteiger partial charge >= 0.3 is 0 Å². The van der Waals surface area contributed by atoms with E-state index in [0.29, 0.717) is 18.0 Å². The SMILES string of the molecule is NC(=O)C1CNCCN1S(=O)(=O)c1ccc(Oc2ccc(Br)cc2)cc1. The molecular weight excluding hydrogens is 422 g/mol. The largest absolute Gasteiger partial charge is 0.457 e. The fourth-order valence-corrected chi connectivity index (χ4v) is 4.53. The molecule has 3 rings (SSSR count). The minimum absolute atomic E-state index is 0.0915. The number of nitrogens with zero attached hydrogens (tertiary/aromatic N) is 1. The number of amides is 1. The minimum Gasteiger partial charge on any atom is -0.457 e. The molecule has 1 fully saturated rings. The molecule has 1 amide bonds.